The Kier molecular flexibility index (Phi) is 4.75. The number of ether oxygens (including phenoxy) is 1. The van der Waals surface area contributed by atoms with Crippen LogP contribution in [-0.4, -0.2) is 6.73 Å². The van der Waals surface area contributed by atoms with Crippen molar-refractivity contribution in [3.05, 3.63) is 76.6 Å². The maximum absolute atomic E-state index is 12.9. The van der Waals surface area contributed by atoms with Gasteiger partial charge in [0.1, 0.15) is 18.3 Å². The van der Waals surface area contributed by atoms with Crippen molar-refractivity contribution >= 4 is 5.76 Å². The smallest absolute Gasteiger partial charge is 0.137 e. The lowest BCUT2D eigenvalue weighted by atomic mass is 9.89. The minimum absolute atomic E-state index is 0.185. The van der Waals surface area contributed by atoms with Gasteiger partial charge in [-0.15, -0.1) is 0 Å². The van der Waals surface area contributed by atoms with E-state index in [2.05, 4.69) is 11.8 Å². The van der Waals surface area contributed by atoms with E-state index in [1.165, 1.54) is 24.1 Å². The lowest BCUT2D eigenvalue weighted by Crippen LogP contribution is -2.09. The van der Waals surface area contributed by atoms with Crippen molar-refractivity contribution in [1.82, 2.24) is 0 Å². The first kappa shape index (κ1) is 15.3. The number of allylic oxidation sites excluding steroid dienone is 1. The number of nitrogens with two attached hydrogens (primary N) is 1. The zero-order valence-electron chi connectivity index (χ0n) is 12.8. The van der Waals surface area contributed by atoms with Crippen LogP contribution in [0, 0.1) is 17.7 Å². The summed E-state index contributed by atoms with van der Waals surface area (Å²) in [6.45, 7) is 0.185. The second-order valence-corrected chi connectivity index (χ2v) is 5.43. The van der Waals surface area contributed by atoms with E-state index in [0.29, 0.717) is 0 Å². The van der Waals surface area contributed by atoms with Gasteiger partial charge in [0, 0.05) is 16.7 Å². The molecule has 0 saturated heterocycles. The molecule has 0 aromatic heterocycles. The van der Waals surface area contributed by atoms with Gasteiger partial charge in [-0.2, -0.15) is 0 Å². The molecular weight excluding hydrogens is 289 g/mol. The summed E-state index contributed by atoms with van der Waals surface area (Å²) in [4.78, 5) is 0. The first-order valence-electron chi connectivity index (χ1n) is 7.69. The van der Waals surface area contributed by atoms with Gasteiger partial charge < -0.3 is 4.74 Å². The number of rotatable bonds is 3. The number of benzene rings is 2. The Balaban J connectivity index is 1.78. The summed E-state index contributed by atoms with van der Waals surface area (Å²) in [7, 11) is 0. The van der Waals surface area contributed by atoms with Gasteiger partial charge in [0.25, 0.3) is 0 Å². The number of hydrogen-bond acceptors (Lipinski definition) is 2. The fourth-order valence-corrected chi connectivity index (χ4v) is 2.44. The minimum Gasteiger partial charge on any atom is -0.478 e. The lowest BCUT2D eigenvalue weighted by Gasteiger charge is -2.22. The van der Waals surface area contributed by atoms with Crippen LogP contribution in [0.5, 0.6) is 0 Å². The SMILES string of the molecule is NCOC(=C1CCC1)c1ccc(C#Cc2ccc(F)cc2)cc1. The summed E-state index contributed by atoms with van der Waals surface area (Å²) in [5, 5.41) is 0. The van der Waals surface area contributed by atoms with Crippen LogP contribution < -0.4 is 5.73 Å². The summed E-state index contributed by atoms with van der Waals surface area (Å²) >= 11 is 0. The molecule has 2 N–H and O–H groups in total. The second-order valence-electron chi connectivity index (χ2n) is 5.43. The molecule has 23 heavy (non-hydrogen) atoms. The van der Waals surface area contributed by atoms with Crippen LogP contribution in [0.3, 0.4) is 0 Å². The molecular formula is C20H18FNO. The van der Waals surface area contributed by atoms with Crippen molar-refractivity contribution < 1.29 is 9.13 Å². The summed E-state index contributed by atoms with van der Waals surface area (Å²) < 4.78 is 18.5. The maximum Gasteiger partial charge on any atom is 0.137 e. The zero-order valence-corrected chi connectivity index (χ0v) is 12.8. The fraction of sp³-hybridized carbons (Fsp3) is 0.200. The number of halogens is 1. The van der Waals surface area contributed by atoms with Crippen molar-refractivity contribution in [3.8, 4) is 11.8 Å². The third-order valence-electron chi connectivity index (χ3n) is 3.85. The van der Waals surface area contributed by atoms with E-state index in [0.717, 1.165) is 35.3 Å². The largest absolute Gasteiger partial charge is 0.478 e. The Morgan fingerprint density at radius 3 is 2.00 bits per heavy atom. The highest BCUT2D eigenvalue weighted by Gasteiger charge is 2.17. The molecule has 0 bridgehead atoms. The molecule has 0 unspecified atom stereocenters. The third-order valence-corrected chi connectivity index (χ3v) is 3.85. The summed E-state index contributed by atoms with van der Waals surface area (Å²) in [5.41, 5.74) is 9.60. The highest BCUT2D eigenvalue weighted by Crippen LogP contribution is 2.34. The first-order chi connectivity index (χ1) is 11.3. The molecule has 2 aromatic carbocycles. The quantitative estimate of drug-likeness (QED) is 0.527. The fourth-order valence-electron chi connectivity index (χ4n) is 2.44. The van der Waals surface area contributed by atoms with Gasteiger partial charge in [0.15, 0.2) is 0 Å². The van der Waals surface area contributed by atoms with Crippen LogP contribution >= 0.6 is 0 Å². The predicted octanol–water partition coefficient (Wildman–Crippen LogP) is 4.05. The molecule has 0 spiro atoms. The van der Waals surface area contributed by atoms with Crippen LogP contribution in [0.1, 0.15) is 36.0 Å². The highest BCUT2D eigenvalue weighted by atomic mass is 19.1. The Bertz CT molecular complexity index is 758. The molecule has 0 radical (unpaired) electrons. The molecule has 116 valence electrons. The van der Waals surface area contributed by atoms with E-state index in [9.17, 15) is 4.39 Å². The van der Waals surface area contributed by atoms with E-state index in [-0.39, 0.29) is 12.5 Å². The van der Waals surface area contributed by atoms with Gasteiger partial charge >= 0.3 is 0 Å². The topological polar surface area (TPSA) is 35.2 Å². The van der Waals surface area contributed by atoms with Crippen LogP contribution in [0.4, 0.5) is 4.39 Å². The summed E-state index contributed by atoms with van der Waals surface area (Å²) in [6, 6.07) is 14.1. The molecule has 1 fully saturated rings. The molecule has 1 aliphatic rings. The zero-order chi connectivity index (χ0) is 16.1. The molecule has 3 heteroatoms. The monoisotopic (exact) mass is 307 g/mol. The Morgan fingerprint density at radius 1 is 0.957 bits per heavy atom. The molecule has 2 nitrogen and oxygen atoms in total. The molecule has 2 aromatic rings. The van der Waals surface area contributed by atoms with E-state index in [4.69, 9.17) is 10.5 Å². The van der Waals surface area contributed by atoms with Crippen molar-refractivity contribution in [1.29, 1.82) is 0 Å². The average Bonchev–Trinajstić information content (AvgIpc) is 2.53. The first-order valence-corrected chi connectivity index (χ1v) is 7.69. The van der Waals surface area contributed by atoms with Gasteiger partial charge in [0.2, 0.25) is 0 Å². The lowest BCUT2D eigenvalue weighted by molar-refractivity contribution is 0.281. The summed E-state index contributed by atoms with van der Waals surface area (Å²) in [5.74, 6) is 6.77. The van der Waals surface area contributed by atoms with Gasteiger partial charge in [-0.25, -0.2) is 4.39 Å². The van der Waals surface area contributed by atoms with E-state index in [1.807, 2.05) is 24.3 Å². The van der Waals surface area contributed by atoms with Crippen LogP contribution in [0.2, 0.25) is 0 Å². The van der Waals surface area contributed by atoms with Gasteiger partial charge in [-0.3, -0.25) is 5.73 Å². The number of hydrogen-bond donors (Lipinski definition) is 1. The standard InChI is InChI=1S/C20H18FNO/c21-19-12-8-16(9-13-19)5-4-15-6-10-18(11-7-15)20(23-14-22)17-2-1-3-17/h6-13H,1-3,14,22H2. The highest BCUT2D eigenvalue weighted by molar-refractivity contribution is 5.65. The molecule has 0 amide bonds. The second kappa shape index (κ2) is 7.13. The summed E-state index contributed by atoms with van der Waals surface area (Å²) in [6.07, 6.45) is 3.39. The van der Waals surface area contributed by atoms with Crippen molar-refractivity contribution in [2.75, 3.05) is 6.73 Å². The van der Waals surface area contributed by atoms with Crippen LogP contribution in [0.25, 0.3) is 5.76 Å². The molecule has 1 aliphatic carbocycles. The van der Waals surface area contributed by atoms with Crippen molar-refractivity contribution in [3.63, 3.8) is 0 Å². The maximum atomic E-state index is 12.9. The Hall–Kier alpha value is -2.57. The van der Waals surface area contributed by atoms with Crippen LogP contribution in [-0.2, 0) is 4.74 Å². The van der Waals surface area contributed by atoms with E-state index in [1.54, 1.807) is 12.1 Å². The predicted molar refractivity (Wildman–Crippen MR) is 89.7 cm³/mol. The van der Waals surface area contributed by atoms with Crippen molar-refractivity contribution in [2.24, 2.45) is 5.73 Å². The Labute approximate surface area is 135 Å². The molecule has 0 heterocycles. The molecule has 3 rings (SSSR count). The molecule has 0 atom stereocenters. The van der Waals surface area contributed by atoms with Gasteiger partial charge in [-0.05, 0) is 61.2 Å². The molecule has 1 saturated carbocycles. The van der Waals surface area contributed by atoms with Gasteiger partial charge in [-0.1, -0.05) is 24.0 Å². The Morgan fingerprint density at radius 2 is 1.52 bits per heavy atom. The minimum atomic E-state index is -0.253. The average molecular weight is 307 g/mol. The molecule has 0 aliphatic heterocycles. The normalized spacial score (nSPS) is 12.9. The van der Waals surface area contributed by atoms with E-state index < -0.39 is 0 Å². The van der Waals surface area contributed by atoms with Crippen molar-refractivity contribution in [2.45, 2.75) is 19.3 Å². The van der Waals surface area contributed by atoms with E-state index >= 15 is 0 Å². The van der Waals surface area contributed by atoms with Crippen LogP contribution in [0.15, 0.2) is 54.1 Å². The third kappa shape index (κ3) is 3.80. The van der Waals surface area contributed by atoms with Gasteiger partial charge in [0.05, 0.1) is 0 Å².